The summed E-state index contributed by atoms with van der Waals surface area (Å²) in [7, 11) is 0. The summed E-state index contributed by atoms with van der Waals surface area (Å²) in [4.78, 5) is 23.3. The Labute approximate surface area is 120 Å². The Bertz CT molecular complexity index is 733. The molecule has 0 spiro atoms. The zero-order chi connectivity index (χ0) is 15.4. The number of aliphatic carboxylic acids is 1. The normalized spacial score (nSPS) is 12.2. The van der Waals surface area contributed by atoms with E-state index in [1.54, 1.807) is 19.2 Å². The second-order valence-electron chi connectivity index (χ2n) is 4.16. The summed E-state index contributed by atoms with van der Waals surface area (Å²) in [5.74, 6) is 4.76. The van der Waals surface area contributed by atoms with Crippen molar-refractivity contribution in [1.82, 2.24) is 25.2 Å². The molecule has 0 aliphatic rings. The number of nitrogens with two attached hydrogens (primary N) is 1. The highest BCUT2D eigenvalue weighted by atomic mass is 16.4. The zero-order valence-electron chi connectivity index (χ0n) is 11.6. The molecule has 0 atom stereocenters. The number of amidine groups is 1. The van der Waals surface area contributed by atoms with E-state index in [0.29, 0.717) is 28.3 Å². The number of nitrogens with zero attached hydrogens (tertiary/aromatic N) is 5. The lowest BCUT2D eigenvalue weighted by Gasteiger charge is -2.01. The molecule has 0 aromatic carbocycles. The van der Waals surface area contributed by atoms with Gasteiger partial charge in [0.2, 0.25) is 0 Å². The predicted octanol–water partition coefficient (Wildman–Crippen LogP) is -0.0372. The molecule has 4 N–H and O–H groups in total. The second-order valence-corrected chi connectivity index (χ2v) is 4.16. The van der Waals surface area contributed by atoms with Crippen molar-refractivity contribution in [3.05, 3.63) is 30.0 Å². The van der Waals surface area contributed by atoms with Crippen LogP contribution in [-0.4, -0.2) is 36.7 Å². The molecule has 0 saturated carbocycles. The second kappa shape index (κ2) is 6.09. The number of aryl methyl sites for hydroxylation is 1. The summed E-state index contributed by atoms with van der Waals surface area (Å²) in [6.07, 6.45) is 4.65. The van der Waals surface area contributed by atoms with E-state index < -0.39 is 5.97 Å². The lowest BCUT2D eigenvalue weighted by atomic mass is 10.2. The Balaban J connectivity index is 2.70. The number of aliphatic imine (C=N–C) groups is 1. The zero-order valence-corrected chi connectivity index (χ0v) is 11.6. The minimum absolute atomic E-state index is 0.306. The van der Waals surface area contributed by atoms with Crippen LogP contribution in [0, 0.1) is 6.92 Å². The molecule has 0 fully saturated rings. The fraction of sp³-hybridized carbons (Fsp3) is 0.250. The first kappa shape index (κ1) is 14.6. The van der Waals surface area contributed by atoms with E-state index >= 15 is 0 Å². The van der Waals surface area contributed by atoms with Crippen molar-refractivity contribution in [3.8, 4) is 0 Å². The van der Waals surface area contributed by atoms with Crippen LogP contribution in [0.1, 0.15) is 18.3 Å². The quantitative estimate of drug-likeness (QED) is 0.311. The largest absolute Gasteiger partial charge is 0.480 e. The van der Waals surface area contributed by atoms with Gasteiger partial charge in [0.05, 0.1) is 11.1 Å². The van der Waals surface area contributed by atoms with Gasteiger partial charge in [0, 0.05) is 6.20 Å². The Morgan fingerprint density at radius 2 is 2.33 bits per heavy atom. The van der Waals surface area contributed by atoms with Gasteiger partial charge in [-0.05, 0) is 13.8 Å². The maximum atomic E-state index is 10.9. The van der Waals surface area contributed by atoms with E-state index in [2.05, 4.69) is 25.5 Å². The monoisotopic (exact) mass is 289 g/mol. The molecule has 0 radical (unpaired) electrons. The van der Waals surface area contributed by atoms with Crippen molar-refractivity contribution >= 4 is 22.8 Å². The number of hydrazine groups is 1. The molecule has 2 aromatic rings. The van der Waals surface area contributed by atoms with Crippen LogP contribution in [0.3, 0.4) is 0 Å². The number of hydrogen-bond donors (Lipinski definition) is 3. The Morgan fingerprint density at radius 3 is 2.95 bits per heavy atom. The Hall–Kier alpha value is -2.81. The highest BCUT2D eigenvalue weighted by molar-refractivity contribution is 6.07. The number of carboxylic acids is 1. The summed E-state index contributed by atoms with van der Waals surface area (Å²) in [6, 6.07) is 0. The first-order chi connectivity index (χ1) is 10.1. The standard InChI is InChI=1S/C12H15N7O2/c1-3-4-14-11(17-13)10-9-7(2)15-6-16-12(9)19(18-10)5-8(20)21/h3-4,6H,5,13H2,1-2H3,(H,14,17)(H,20,21)/b4-3-. The Morgan fingerprint density at radius 1 is 1.57 bits per heavy atom. The van der Waals surface area contributed by atoms with E-state index in [9.17, 15) is 4.79 Å². The van der Waals surface area contributed by atoms with Gasteiger partial charge in [-0.15, -0.1) is 0 Å². The van der Waals surface area contributed by atoms with Crippen molar-refractivity contribution in [2.24, 2.45) is 10.8 Å². The molecule has 0 amide bonds. The van der Waals surface area contributed by atoms with Crippen LogP contribution in [0.5, 0.6) is 0 Å². The van der Waals surface area contributed by atoms with Crippen LogP contribution in [0.15, 0.2) is 23.6 Å². The van der Waals surface area contributed by atoms with Crippen LogP contribution in [0.25, 0.3) is 11.0 Å². The molecule has 0 saturated heterocycles. The lowest BCUT2D eigenvalue weighted by Crippen LogP contribution is -2.31. The average Bonchev–Trinajstić information content (AvgIpc) is 2.79. The van der Waals surface area contributed by atoms with Gasteiger partial charge < -0.3 is 10.5 Å². The maximum Gasteiger partial charge on any atom is 0.325 e. The SMILES string of the molecule is C/C=C\N=C(NN)c1nn(CC(=O)O)c2ncnc(C)c12. The molecule has 2 heterocycles. The third-order valence-electron chi connectivity index (χ3n) is 2.72. The minimum atomic E-state index is -1.02. The molecule has 0 unspecified atom stereocenters. The molecule has 2 rings (SSSR count). The fourth-order valence-corrected chi connectivity index (χ4v) is 1.87. The number of rotatable bonds is 4. The van der Waals surface area contributed by atoms with Crippen LogP contribution in [0.4, 0.5) is 0 Å². The van der Waals surface area contributed by atoms with Gasteiger partial charge in [0.1, 0.15) is 18.6 Å². The van der Waals surface area contributed by atoms with Gasteiger partial charge >= 0.3 is 5.97 Å². The molecular formula is C12H15N7O2. The van der Waals surface area contributed by atoms with Gasteiger partial charge in [-0.3, -0.25) is 4.79 Å². The summed E-state index contributed by atoms with van der Waals surface area (Å²) in [5, 5.41) is 13.8. The molecule has 21 heavy (non-hydrogen) atoms. The summed E-state index contributed by atoms with van der Waals surface area (Å²) in [5.41, 5.74) is 3.95. The minimum Gasteiger partial charge on any atom is -0.480 e. The van der Waals surface area contributed by atoms with E-state index in [1.807, 2.05) is 6.92 Å². The van der Waals surface area contributed by atoms with Gasteiger partial charge in [-0.2, -0.15) is 5.10 Å². The van der Waals surface area contributed by atoms with Gasteiger partial charge in [0.25, 0.3) is 0 Å². The number of nitrogens with one attached hydrogen (secondary N) is 1. The average molecular weight is 289 g/mol. The van der Waals surface area contributed by atoms with E-state index in [0.717, 1.165) is 0 Å². The highest BCUT2D eigenvalue weighted by Gasteiger charge is 2.19. The third kappa shape index (κ3) is 2.87. The first-order valence-corrected chi connectivity index (χ1v) is 6.14. The first-order valence-electron chi connectivity index (χ1n) is 6.14. The summed E-state index contributed by atoms with van der Waals surface area (Å²) < 4.78 is 1.28. The van der Waals surface area contributed by atoms with Gasteiger partial charge in [0.15, 0.2) is 11.5 Å². The van der Waals surface area contributed by atoms with E-state index in [1.165, 1.54) is 11.0 Å². The van der Waals surface area contributed by atoms with Crippen molar-refractivity contribution in [2.75, 3.05) is 0 Å². The molecular weight excluding hydrogens is 274 g/mol. The van der Waals surface area contributed by atoms with Crippen molar-refractivity contribution < 1.29 is 9.90 Å². The fourth-order valence-electron chi connectivity index (χ4n) is 1.87. The molecule has 0 bridgehead atoms. The molecule has 9 nitrogen and oxygen atoms in total. The molecule has 2 aromatic heterocycles. The van der Waals surface area contributed by atoms with Crippen LogP contribution >= 0.6 is 0 Å². The van der Waals surface area contributed by atoms with Gasteiger partial charge in [-0.25, -0.2) is 25.5 Å². The molecule has 0 aliphatic carbocycles. The van der Waals surface area contributed by atoms with E-state index in [-0.39, 0.29) is 6.54 Å². The Kier molecular flexibility index (Phi) is 4.24. The number of carbonyl (C=O) groups is 1. The molecule has 0 aliphatic heterocycles. The lowest BCUT2D eigenvalue weighted by molar-refractivity contribution is -0.137. The van der Waals surface area contributed by atoms with Crippen LogP contribution < -0.4 is 11.3 Å². The summed E-state index contributed by atoms with van der Waals surface area (Å²) in [6.45, 7) is 3.28. The third-order valence-corrected chi connectivity index (χ3v) is 2.72. The van der Waals surface area contributed by atoms with E-state index in [4.69, 9.17) is 10.9 Å². The number of aromatic nitrogens is 4. The number of hydrogen-bond acceptors (Lipinski definition) is 6. The number of allylic oxidation sites excluding steroid dienone is 1. The topological polar surface area (TPSA) is 131 Å². The molecule has 110 valence electrons. The van der Waals surface area contributed by atoms with Crippen LogP contribution in [0.2, 0.25) is 0 Å². The number of fused-ring (bicyclic) bond motifs is 1. The number of carboxylic acid groups (broad SMARTS) is 1. The highest BCUT2D eigenvalue weighted by Crippen LogP contribution is 2.19. The predicted molar refractivity (Wildman–Crippen MR) is 76.4 cm³/mol. The van der Waals surface area contributed by atoms with Gasteiger partial charge in [-0.1, -0.05) is 6.08 Å². The molecule has 9 heteroatoms. The van der Waals surface area contributed by atoms with Crippen molar-refractivity contribution in [2.45, 2.75) is 20.4 Å². The maximum absolute atomic E-state index is 10.9. The van der Waals surface area contributed by atoms with Crippen LogP contribution in [-0.2, 0) is 11.3 Å². The summed E-state index contributed by atoms with van der Waals surface area (Å²) >= 11 is 0. The van der Waals surface area contributed by atoms with Crippen molar-refractivity contribution in [1.29, 1.82) is 0 Å². The van der Waals surface area contributed by atoms with Crippen molar-refractivity contribution in [3.63, 3.8) is 0 Å². The smallest absolute Gasteiger partial charge is 0.325 e.